The number of ether oxygens (including phenoxy) is 1. The van der Waals surface area contributed by atoms with Gasteiger partial charge in [0.25, 0.3) is 0 Å². The smallest absolute Gasteiger partial charge is 0.123 e. The van der Waals surface area contributed by atoms with Gasteiger partial charge >= 0.3 is 0 Å². The molecule has 2 rings (SSSR count). The molecule has 2 aromatic rings. The van der Waals surface area contributed by atoms with Crippen molar-refractivity contribution in [1.82, 2.24) is 0 Å². The fourth-order valence-corrected chi connectivity index (χ4v) is 2.14. The van der Waals surface area contributed by atoms with Crippen molar-refractivity contribution in [3.63, 3.8) is 0 Å². The lowest BCUT2D eigenvalue weighted by atomic mass is 9.86. The Morgan fingerprint density at radius 3 is 2.25 bits per heavy atom. The van der Waals surface area contributed by atoms with E-state index in [-0.39, 0.29) is 5.41 Å². The van der Waals surface area contributed by atoms with Crippen molar-refractivity contribution in [2.24, 2.45) is 0 Å². The number of nitrogens with two attached hydrogens (primary N) is 1. The van der Waals surface area contributed by atoms with E-state index in [1.165, 1.54) is 11.1 Å². The molecule has 0 fully saturated rings. The van der Waals surface area contributed by atoms with Gasteiger partial charge in [-0.1, -0.05) is 45.0 Å². The summed E-state index contributed by atoms with van der Waals surface area (Å²) in [5, 5.41) is 0. The molecule has 0 aliphatic rings. The second-order valence-electron chi connectivity index (χ2n) is 6.28. The second kappa shape index (κ2) is 5.58. The molecule has 0 saturated carbocycles. The highest BCUT2D eigenvalue weighted by Crippen LogP contribution is 2.32. The number of anilines is 1. The molecule has 0 aliphatic carbocycles. The number of benzene rings is 2. The van der Waals surface area contributed by atoms with Gasteiger partial charge in [0.05, 0.1) is 0 Å². The van der Waals surface area contributed by atoms with Crippen LogP contribution in [-0.4, -0.2) is 0 Å². The van der Waals surface area contributed by atoms with Crippen molar-refractivity contribution in [2.45, 2.75) is 39.7 Å². The van der Waals surface area contributed by atoms with E-state index in [0.717, 1.165) is 17.0 Å². The summed E-state index contributed by atoms with van der Waals surface area (Å²) in [5.74, 6) is 0.967. The van der Waals surface area contributed by atoms with Crippen LogP contribution in [0.15, 0.2) is 42.5 Å². The second-order valence-corrected chi connectivity index (χ2v) is 6.28. The van der Waals surface area contributed by atoms with Crippen LogP contribution in [0, 0.1) is 6.92 Å². The minimum Gasteiger partial charge on any atom is -0.489 e. The molecular weight excluding hydrogens is 246 g/mol. The summed E-state index contributed by atoms with van der Waals surface area (Å²) in [6.45, 7) is 9.25. The molecular formula is C18H23NO. The van der Waals surface area contributed by atoms with Crippen molar-refractivity contribution in [3.8, 4) is 5.75 Å². The first-order valence-electron chi connectivity index (χ1n) is 6.94. The van der Waals surface area contributed by atoms with Gasteiger partial charge in [0.2, 0.25) is 0 Å². The standard InChI is InChI=1S/C18H23NO/c1-13-5-10-16(18(2,3)4)17(11-13)20-12-14-6-8-15(19)9-7-14/h5-11H,12,19H2,1-4H3. The van der Waals surface area contributed by atoms with Gasteiger partial charge in [-0.05, 0) is 47.2 Å². The zero-order chi connectivity index (χ0) is 14.8. The Kier molecular flexibility index (Phi) is 4.03. The quantitative estimate of drug-likeness (QED) is 0.835. The van der Waals surface area contributed by atoms with E-state index < -0.39 is 0 Å². The number of aryl methyl sites for hydroxylation is 1. The maximum atomic E-state index is 6.03. The van der Waals surface area contributed by atoms with E-state index in [0.29, 0.717) is 6.61 Å². The molecule has 0 spiro atoms. The highest BCUT2D eigenvalue weighted by Gasteiger charge is 2.18. The Bertz CT molecular complexity index is 579. The maximum absolute atomic E-state index is 6.03. The molecule has 0 bridgehead atoms. The Hall–Kier alpha value is -1.96. The topological polar surface area (TPSA) is 35.2 Å². The van der Waals surface area contributed by atoms with Crippen molar-refractivity contribution in [2.75, 3.05) is 5.73 Å². The van der Waals surface area contributed by atoms with Crippen molar-refractivity contribution in [1.29, 1.82) is 0 Å². The first kappa shape index (κ1) is 14.4. The van der Waals surface area contributed by atoms with Gasteiger partial charge < -0.3 is 10.5 Å². The van der Waals surface area contributed by atoms with E-state index >= 15 is 0 Å². The van der Waals surface area contributed by atoms with Crippen LogP contribution in [0.2, 0.25) is 0 Å². The van der Waals surface area contributed by atoms with Gasteiger partial charge in [-0.2, -0.15) is 0 Å². The summed E-state index contributed by atoms with van der Waals surface area (Å²) in [6.07, 6.45) is 0. The fourth-order valence-electron chi connectivity index (χ4n) is 2.14. The SMILES string of the molecule is Cc1ccc(C(C)(C)C)c(OCc2ccc(N)cc2)c1. The molecule has 2 nitrogen and oxygen atoms in total. The van der Waals surface area contributed by atoms with Crippen LogP contribution >= 0.6 is 0 Å². The normalized spacial score (nSPS) is 11.4. The van der Waals surface area contributed by atoms with Gasteiger partial charge in [-0.25, -0.2) is 0 Å². The Morgan fingerprint density at radius 1 is 1.00 bits per heavy atom. The molecule has 0 unspecified atom stereocenters. The van der Waals surface area contributed by atoms with E-state index in [9.17, 15) is 0 Å². The molecule has 2 heteroatoms. The third-order valence-electron chi connectivity index (χ3n) is 3.32. The number of hydrogen-bond donors (Lipinski definition) is 1. The summed E-state index contributed by atoms with van der Waals surface area (Å²) in [4.78, 5) is 0. The van der Waals surface area contributed by atoms with Crippen LogP contribution in [0.5, 0.6) is 5.75 Å². The first-order chi connectivity index (χ1) is 9.36. The average Bonchev–Trinajstić information content (AvgIpc) is 2.36. The molecule has 106 valence electrons. The van der Waals surface area contributed by atoms with Gasteiger partial charge in [0.15, 0.2) is 0 Å². The highest BCUT2D eigenvalue weighted by atomic mass is 16.5. The lowest BCUT2D eigenvalue weighted by Gasteiger charge is -2.23. The summed E-state index contributed by atoms with van der Waals surface area (Å²) in [6, 6.07) is 14.2. The van der Waals surface area contributed by atoms with E-state index in [1.54, 1.807) is 0 Å². The Morgan fingerprint density at radius 2 is 1.65 bits per heavy atom. The van der Waals surface area contributed by atoms with Gasteiger partial charge in [-0.15, -0.1) is 0 Å². The van der Waals surface area contributed by atoms with Crippen LogP contribution in [0.4, 0.5) is 5.69 Å². The zero-order valence-electron chi connectivity index (χ0n) is 12.7. The molecule has 0 aromatic heterocycles. The molecule has 0 heterocycles. The molecule has 2 N–H and O–H groups in total. The number of hydrogen-bond acceptors (Lipinski definition) is 2. The fraction of sp³-hybridized carbons (Fsp3) is 0.333. The number of nitrogen functional groups attached to an aromatic ring is 1. The van der Waals surface area contributed by atoms with Gasteiger partial charge in [0.1, 0.15) is 12.4 Å². The molecule has 2 aromatic carbocycles. The van der Waals surface area contributed by atoms with Crippen molar-refractivity contribution in [3.05, 3.63) is 59.2 Å². The molecule has 0 atom stereocenters. The predicted molar refractivity (Wildman–Crippen MR) is 85.1 cm³/mol. The zero-order valence-corrected chi connectivity index (χ0v) is 12.7. The maximum Gasteiger partial charge on any atom is 0.123 e. The molecule has 0 radical (unpaired) electrons. The predicted octanol–water partition coefficient (Wildman–Crippen LogP) is 4.45. The van der Waals surface area contributed by atoms with Crippen LogP contribution in [0.3, 0.4) is 0 Å². The summed E-state index contributed by atoms with van der Waals surface area (Å²) >= 11 is 0. The molecule has 0 saturated heterocycles. The van der Waals surface area contributed by atoms with Crippen molar-refractivity contribution < 1.29 is 4.74 Å². The third kappa shape index (κ3) is 3.53. The largest absolute Gasteiger partial charge is 0.489 e. The van der Waals surface area contributed by atoms with Crippen LogP contribution in [-0.2, 0) is 12.0 Å². The lowest BCUT2D eigenvalue weighted by molar-refractivity contribution is 0.297. The summed E-state index contributed by atoms with van der Waals surface area (Å²) < 4.78 is 6.03. The molecule has 0 amide bonds. The van der Waals surface area contributed by atoms with Crippen molar-refractivity contribution >= 4 is 5.69 Å². The highest BCUT2D eigenvalue weighted by molar-refractivity contribution is 5.42. The van der Waals surface area contributed by atoms with Gasteiger partial charge in [0, 0.05) is 5.69 Å². The number of rotatable bonds is 3. The van der Waals surface area contributed by atoms with E-state index in [4.69, 9.17) is 10.5 Å². The Balaban J connectivity index is 2.20. The van der Waals surface area contributed by atoms with Gasteiger partial charge in [-0.3, -0.25) is 0 Å². The minimum absolute atomic E-state index is 0.0736. The first-order valence-corrected chi connectivity index (χ1v) is 6.94. The monoisotopic (exact) mass is 269 g/mol. The molecule has 0 aliphatic heterocycles. The molecule has 20 heavy (non-hydrogen) atoms. The third-order valence-corrected chi connectivity index (χ3v) is 3.32. The van der Waals surface area contributed by atoms with Crippen LogP contribution in [0.25, 0.3) is 0 Å². The van der Waals surface area contributed by atoms with Crippen LogP contribution < -0.4 is 10.5 Å². The summed E-state index contributed by atoms with van der Waals surface area (Å²) in [5.41, 5.74) is 10.1. The van der Waals surface area contributed by atoms with Crippen LogP contribution in [0.1, 0.15) is 37.5 Å². The Labute approximate surface area is 121 Å². The lowest BCUT2D eigenvalue weighted by Crippen LogP contribution is -2.13. The summed E-state index contributed by atoms with van der Waals surface area (Å²) in [7, 11) is 0. The minimum atomic E-state index is 0.0736. The average molecular weight is 269 g/mol. The van der Waals surface area contributed by atoms with E-state index in [2.05, 4.69) is 45.9 Å². The van der Waals surface area contributed by atoms with E-state index in [1.807, 2.05) is 24.3 Å².